The Morgan fingerprint density at radius 1 is 1.45 bits per heavy atom. The smallest absolute Gasteiger partial charge is 0.137 e. The van der Waals surface area contributed by atoms with Crippen LogP contribution in [0.25, 0.3) is 0 Å². The van der Waals surface area contributed by atoms with E-state index in [0.717, 1.165) is 6.42 Å². The number of rotatable bonds is 1. The van der Waals surface area contributed by atoms with Crippen molar-refractivity contribution < 1.29 is 9.13 Å². The maximum absolute atomic E-state index is 13.3. The molecule has 2 unspecified atom stereocenters. The first-order chi connectivity index (χ1) is 4.68. The number of nitrogens with two attached hydrogens (primary N) is 1. The zero-order valence-corrected chi connectivity index (χ0v) is 7.12. The fourth-order valence-corrected chi connectivity index (χ4v) is 1.97. The van der Waals surface area contributed by atoms with Gasteiger partial charge in [0.15, 0.2) is 0 Å². The second-order valence-corrected chi connectivity index (χ2v) is 3.50. The molecule has 1 heterocycles. The highest BCUT2D eigenvalue weighted by molar-refractivity contribution is 5.85. The van der Waals surface area contributed by atoms with Gasteiger partial charge in [-0.15, -0.1) is 12.4 Å². The Bertz CT molecular complexity index is 157. The van der Waals surface area contributed by atoms with Crippen molar-refractivity contribution in [2.45, 2.75) is 30.5 Å². The Balaban J connectivity index is 0.000000605. The molecule has 1 saturated carbocycles. The number of alkyl halides is 1. The molecule has 2 rings (SSSR count). The summed E-state index contributed by atoms with van der Waals surface area (Å²) in [6.07, 6.45) is 1.97. The number of halogens is 2. The van der Waals surface area contributed by atoms with Crippen molar-refractivity contribution in [3.63, 3.8) is 0 Å². The molecule has 2 atom stereocenters. The number of ether oxygens (including phenoxy) is 1. The van der Waals surface area contributed by atoms with E-state index in [4.69, 9.17) is 10.5 Å². The quantitative estimate of drug-likeness (QED) is 0.656. The highest BCUT2D eigenvalue weighted by Crippen LogP contribution is 2.48. The minimum absolute atomic E-state index is 0. The molecule has 0 radical (unpaired) electrons. The second kappa shape index (κ2) is 2.57. The van der Waals surface area contributed by atoms with Crippen LogP contribution < -0.4 is 5.73 Å². The zero-order chi connectivity index (χ0) is 7.24. The maximum Gasteiger partial charge on any atom is 0.137 e. The first-order valence-electron chi connectivity index (χ1n) is 3.71. The van der Waals surface area contributed by atoms with Crippen LogP contribution in [0.2, 0.25) is 0 Å². The lowest BCUT2D eigenvalue weighted by molar-refractivity contribution is -0.0281. The molecule has 2 aliphatic rings. The first kappa shape index (κ1) is 9.23. The van der Waals surface area contributed by atoms with E-state index in [2.05, 4.69) is 0 Å². The summed E-state index contributed by atoms with van der Waals surface area (Å²) in [5.74, 6) is 0. The molecular weight excluding hydrogens is 169 g/mol. The van der Waals surface area contributed by atoms with Crippen LogP contribution in [0.4, 0.5) is 4.39 Å². The van der Waals surface area contributed by atoms with Crippen LogP contribution in [-0.4, -0.2) is 24.4 Å². The molecule has 2 fully saturated rings. The van der Waals surface area contributed by atoms with Crippen LogP contribution in [0.15, 0.2) is 0 Å². The zero-order valence-electron chi connectivity index (χ0n) is 6.31. The summed E-state index contributed by atoms with van der Waals surface area (Å²) in [6, 6.07) is 0. The highest BCUT2D eigenvalue weighted by Gasteiger charge is 2.55. The summed E-state index contributed by atoms with van der Waals surface area (Å²) in [4.78, 5) is 0. The summed E-state index contributed by atoms with van der Waals surface area (Å²) in [5, 5.41) is 0. The summed E-state index contributed by atoms with van der Waals surface area (Å²) in [5.41, 5.74) is 4.16. The van der Waals surface area contributed by atoms with E-state index < -0.39 is 5.67 Å². The van der Waals surface area contributed by atoms with Crippen molar-refractivity contribution in [2.24, 2.45) is 5.73 Å². The van der Waals surface area contributed by atoms with Gasteiger partial charge in [-0.1, -0.05) is 0 Å². The minimum atomic E-state index is -1.03. The van der Waals surface area contributed by atoms with E-state index in [0.29, 0.717) is 19.4 Å². The topological polar surface area (TPSA) is 35.2 Å². The van der Waals surface area contributed by atoms with Crippen LogP contribution in [0, 0.1) is 0 Å². The van der Waals surface area contributed by atoms with Crippen LogP contribution in [0.3, 0.4) is 0 Å². The third kappa shape index (κ3) is 1.25. The Hall–Kier alpha value is 0.140. The Labute approximate surface area is 71.7 Å². The Morgan fingerprint density at radius 2 is 2.18 bits per heavy atom. The lowest BCUT2D eigenvalue weighted by Crippen LogP contribution is -2.35. The van der Waals surface area contributed by atoms with Crippen molar-refractivity contribution in [2.75, 3.05) is 13.2 Å². The third-order valence-corrected chi connectivity index (χ3v) is 2.68. The van der Waals surface area contributed by atoms with Crippen LogP contribution in [0.5, 0.6) is 0 Å². The molecule has 1 aliphatic carbocycles. The highest BCUT2D eigenvalue weighted by atomic mass is 35.5. The van der Waals surface area contributed by atoms with Crippen molar-refractivity contribution >= 4 is 12.4 Å². The molecule has 0 aromatic carbocycles. The SMILES string of the molecule is Cl.NCC12CCC(F)(CO1)C2. The van der Waals surface area contributed by atoms with E-state index in [1.165, 1.54) is 0 Å². The van der Waals surface area contributed by atoms with Crippen LogP contribution in [0.1, 0.15) is 19.3 Å². The van der Waals surface area contributed by atoms with Crippen LogP contribution >= 0.6 is 12.4 Å². The van der Waals surface area contributed by atoms with Gasteiger partial charge >= 0.3 is 0 Å². The molecule has 2 bridgehead atoms. The first-order valence-corrected chi connectivity index (χ1v) is 3.71. The molecule has 0 aromatic heterocycles. The summed E-state index contributed by atoms with van der Waals surface area (Å²) >= 11 is 0. The average Bonchev–Trinajstić information content (AvgIpc) is 2.42. The van der Waals surface area contributed by atoms with Gasteiger partial charge in [0.1, 0.15) is 5.67 Å². The van der Waals surface area contributed by atoms with Gasteiger partial charge < -0.3 is 10.5 Å². The van der Waals surface area contributed by atoms with Gasteiger partial charge in [-0.2, -0.15) is 0 Å². The second-order valence-electron chi connectivity index (χ2n) is 3.50. The molecule has 2 nitrogen and oxygen atoms in total. The number of fused-ring (bicyclic) bond motifs is 2. The predicted octanol–water partition coefficient (Wildman–Crippen LogP) is 1.03. The monoisotopic (exact) mass is 181 g/mol. The molecule has 2 N–H and O–H groups in total. The molecule has 66 valence electrons. The van der Waals surface area contributed by atoms with E-state index >= 15 is 0 Å². The van der Waals surface area contributed by atoms with E-state index in [-0.39, 0.29) is 24.6 Å². The van der Waals surface area contributed by atoms with E-state index in [1.807, 2.05) is 0 Å². The molecular formula is C7H13ClFNO. The molecule has 4 heteroatoms. The van der Waals surface area contributed by atoms with Crippen molar-refractivity contribution in [3.8, 4) is 0 Å². The van der Waals surface area contributed by atoms with Gasteiger partial charge in [-0.05, 0) is 12.8 Å². The van der Waals surface area contributed by atoms with Gasteiger partial charge in [-0.3, -0.25) is 0 Å². The minimum Gasteiger partial charge on any atom is -0.370 e. The molecule has 0 spiro atoms. The molecule has 1 saturated heterocycles. The Kier molecular flexibility index (Phi) is 2.16. The van der Waals surface area contributed by atoms with E-state index in [9.17, 15) is 4.39 Å². The fraction of sp³-hybridized carbons (Fsp3) is 1.00. The average molecular weight is 182 g/mol. The molecule has 1 aliphatic heterocycles. The third-order valence-electron chi connectivity index (χ3n) is 2.68. The van der Waals surface area contributed by atoms with Crippen molar-refractivity contribution in [1.82, 2.24) is 0 Å². The van der Waals surface area contributed by atoms with Crippen molar-refractivity contribution in [1.29, 1.82) is 0 Å². The van der Waals surface area contributed by atoms with Crippen LogP contribution in [-0.2, 0) is 4.74 Å². The van der Waals surface area contributed by atoms with Gasteiger partial charge in [0, 0.05) is 13.0 Å². The molecule has 0 aromatic rings. The molecule has 0 amide bonds. The summed E-state index contributed by atoms with van der Waals surface area (Å²) < 4.78 is 18.6. The van der Waals surface area contributed by atoms with Gasteiger partial charge in [0.25, 0.3) is 0 Å². The number of hydrogen-bond acceptors (Lipinski definition) is 2. The Morgan fingerprint density at radius 3 is 2.36 bits per heavy atom. The van der Waals surface area contributed by atoms with Gasteiger partial charge in [-0.25, -0.2) is 4.39 Å². The van der Waals surface area contributed by atoms with Gasteiger partial charge in [0.05, 0.1) is 12.2 Å². The standard InChI is InChI=1S/C7H12FNO.ClH/c8-6-1-2-7(3-6,4-9)10-5-6;/h1-5,9H2;1H. The predicted molar refractivity (Wildman–Crippen MR) is 42.7 cm³/mol. The molecule has 11 heavy (non-hydrogen) atoms. The summed E-state index contributed by atoms with van der Waals surface area (Å²) in [7, 11) is 0. The van der Waals surface area contributed by atoms with Gasteiger partial charge in [0.2, 0.25) is 0 Å². The lowest BCUT2D eigenvalue weighted by atomic mass is 10.0. The lowest BCUT2D eigenvalue weighted by Gasteiger charge is -2.24. The number of hydrogen-bond donors (Lipinski definition) is 1. The summed E-state index contributed by atoms with van der Waals surface area (Å²) in [6.45, 7) is 0.739. The maximum atomic E-state index is 13.3. The van der Waals surface area contributed by atoms with Crippen molar-refractivity contribution in [3.05, 3.63) is 0 Å². The normalized spacial score (nSPS) is 47.5. The fourth-order valence-electron chi connectivity index (χ4n) is 1.97. The largest absolute Gasteiger partial charge is 0.370 e. The van der Waals surface area contributed by atoms with E-state index in [1.54, 1.807) is 0 Å².